The maximum absolute atomic E-state index is 12.9. The second-order valence-electron chi connectivity index (χ2n) is 6.58. The van der Waals surface area contributed by atoms with E-state index in [0.717, 1.165) is 32.4 Å². The number of pyridine rings is 1. The molecule has 0 aliphatic carbocycles. The Morgan fingerprint density at radius 2 is 2.04 bits per heavy atom. The minimum absolute atomic E-state index is 0.0306. The Labute approximate surface area is 164 Å². The van der Waals surface area contributed by atoms with E-state index < -0.39 is 0 Å². The zero-order valence-corrected chi connectivity index (χ0v) is 16.4. The summed E-state index contributed by atoms with van der Waals surface area (Å²) in [6, 6.07) is 3.46. The Bertz CT molecular complexity index is 621. The third kappa shape index (κ3) is 7.30. The molecule has 0 bridgehead atoms. The molecule has 0 saturated carbocycles. The van der Waals surface area contributed by atoms with Gasteiger partial charge in [-0.3, -0.25) is 19.4 Å². The molecule has 0 spiro atoms. The lowest BCUT2D eigenvalue weighted by Gasteiger charge is -2.28. The van der Waals surface area contributed by atoms with Gasteiger partial charge in [-0.15, -0.1) is 0 Å². The number of likely N-dealkylation sites (tertiary alicyclic amines) is 1. The van der Waals surface area contributed by atoms with Crippen molar-refractivity contribution in [2.45, 2.75) is 25.7 Å². The first-order valence-corrected chi connectivity index (χ1v) is 10.5. The van der Waals surface area contributed by atoms with E-state index >= 15 is 0 Å². The largest absolute Gasteiger partial charge is 0.354 e. The Morgan fingerprint density at radius 1 is 1.26 bits per heavy atom. The molecule has 27 heavy (non-hydrogen) atoms. The van der Waals surface area contributed by atoms with Gasteiger partial charge in [0.1, 0.15) is 0 Å². The number of rotatable bonds is 10. The molecule has 1 aliphatic rings. The van der Waals surface area contributed by atoms with E-state index in [4.69, 9.17) is 5.73 Å². The molecular weight excluding hydrogens is 364 g/mol. The molecule has 7 nitrogen and oxygen atoms in total. The van der Waals surface area contributed by atoms with E-state index in [9.17, 15) is 14.4 Å². The highest BCUT2D eigenvalue weighted by atomic mass is 32.2. The summed E-state index contributed by atoms with van der Waals surface area (Å²) in [5.74, 6) is 0.616. The number of nitrogens with zero attached hydrogens (tertiary/aromatic N) is 2. The van der Waals surface area contributed by atoms with Gasteiger partial charge in [0, 0.05) is 61.4 Å². The number of nitrogens with one attached hydrogen (secondary N) is 1. The first-order valence-electron chi connectivity index (χ1n) is 9.38. The van der Waals surface area contributed by atoms with Crippen LogP contribution >= 0.6 is 11.8 Å². The number of Topliss-reactive ketones (excluding diaryl/α,β-unsaturated/α-hetero) is 1. The topological polar surface area (TPSA) is 105 Å². The monoisotopic (exact) mass is 392 g/mol. The maximum atomic E-state index is 12.9. The van der Waals surface area contributed by atoms with Crippen LogP contribution in [-0.2, 0) is 9.59 Å². The number of thioether (sulfide) groups is 1. The fourth-order valence-electron chi connectivity index (χ4n) is 3.02. The molecule has 0 radical (unpaired) electrons. The quantitative estimate of drug-likeness (QED) is 0.456. The molecule has 8 heteroatoms. The average molecular weight is 393 g/mol. The van der Waals surface area contributed by atoms with Gasteiger partial charge in [-0.2, -0.15) is 11.8 Å². The smallest absolute Gasteiger partial charge is 0.233 e. The van der Waals surface area contributed by atoms with Crippen molar-refractivity contribution >= 4 is 29.4 Å². The lowest BCUT2D eigenvalue weighted by atomic mass is 9.96. The molecule has 1 fully saturated rings. The van der Waals surface area contributed by atoms with Crippen LogP contribution in [0.1, 0.15) is 36.0 Å². The van der Waals surface area contributed by atoms with Gasteiger partial charge < -0.3 is 16.0 Å². The fraction of sp³-hybridized carbons (Fsp3) is 0.579. The molecule has 1 atom stereocenters. The van der Waals surface area contributed by atoms with Crippen LogP contribution in [-0.4, -0.2) is 65.2 Å². The summed E-state index contributed by atoms with van der Waals surface area (Å²) in [4.78, 5) is 42.6. The van der Waals surface area contributed by atoms with Crippen molar-refractivity contribution in [2.24, 2.45) is 11.7 Å². The van der Waals surface area contributed by atoms with Gasteiger partial charge in [0.15, 0.2) is 5.78 Å². The zero-order valence-electron chi connectivity index (χ0n) is 15.6. The maximum Gasteiger partial charge on any atom is 0.233 e. The van der Waals surface area contributed by atoms with Crippen molar-refractivity contribution in [1.82, 2.24) is 15.2 Å². The van der Waals surface area contributed by atoms with Crippen LogP contribution in [0.25, 0.3) is 0 Å². The van der Waals surface area contributed by atoms with Crippen LogP contribution in [0.2, 0.25) is 0 Å². The van der Waals surface area contributed by atoms with Gasteiger partial charge >= 0.3 is 0 Å². The summed E-state index contributed by atoms with van der Waals surface area (Å²) in [5, 5.41) is 2.70. The zero-order chi connectivity index (χ0) is 19.5. The summed E-state index contributed by atoms with van der Waals surface area (Å²) in [6.45, 7) is 2.03. The number of aromatic nitrogens is 1. The van der Waals surface area contributed by atoms with Gasteiger partial charge in [-0.05, 0) is 31.4 Å². The highest BCUT2D eigenvalue weighted by molar-refractivity contribution is 7.99. The molecule has 3 N–H and O–H groups in total. The van der Waals surface area contributed by atoms with Crippen molar-refractivity contribution in [3.63, 3.8) is 0 Å². The number of carbonyl (C=O) groups excluding carboxylic acids is 3. The van der Waals surface area contributed by atoms with E-state index in [1.165, 1.54) is 0 Å². The summed E-state index contributed by atoms with van der Waals surface area (Å²) >= 11 is 1.56. The van der Waals surface area contributed by atoms with Crippen molar-refractivity contribution in [1.29, 1.82) is 0 Å². The standard InChI is InChI=1S/C19H28N4O3S/c20-12-17(24)22-7-10-27-14-16(19(26)15-5-4-6-21-13-15)11-18(25)23-8-2-1-3-9-23/h4-6,13,16H,1-3,7-12,14,20H2,(H,22,24). The molecule has 1 aliphatic heterocycles. The highest BCUT2D eigenvalue weighted by Gasteiger charge is 2.26. The van der Waals surface area contributed by atoms with Gasteiger partial charge in [0.05, 0.1) is 6.54 Å². The molecule has 2 heterocycles. The predicted molar refractivity (Wildman–Crippen MR) is 106 cm³/mol. The Hall–Kier alpha value is -1.93. The molecule has 148 valence electrons. The summed E-state index contributed by atoms with van der Waals surface area (Å²) in [7, 11) is 0. The third-order valence-corrected chi connectivity index (χ3v) is 5.65. The highest BCUT2D eigenvalue weighted by Crippen LogP contribution is 2.20. The number of carbonyl (C=O) groups is 3. The van der Waals surface area contributed by atoms with E-state index in [0.29, 0.717) is 23.6 Å². The SMILES string of the molecule is NCC(=O)NCCSCC(CC(=O)N1CCCCC1)C(=O)c1cccnc1. The summed E-state index contributed by atoms with van der Waals surface area (Å²) in [5.41, 5.74) is 5.79. The van der Waals surface area contributed by atoms with Crippen LogP contribution in [0, 0.1) is 5.92 Å². The first-order chi connectivity index (χ1) is 13.1. The van der Waals surface area contributed by atoms with Crippen molar-refractivity contribution in [3.05, 3.63) is 30.1 Å². The van der Waals surface area contributed by atoms with Gasteiger partial charge in [-0.25, -0.2) is 0 Å². The fourth-order valence-corrected chi connectivity index (χ4v) is 3.98. The first kappa shape index (κ1) is 21.4. The lowest BCUT2D eigenvalue weighted by Crippen LogP contribution is -2.38. The van der Waals surface area contributed by atoms with E-state index in [1.807, 2.05) is 4.90 Å². The predicted octanol–water partition coefficient (Wildman–Crippen LogP) is 1.09. The summed E-state index contributed by atoms with van der Waals surface area (Å²) in [6.07, 6.45) is 6.61. The van der Waals surface area contributed by atoms with E-state index in [2.05, 4.69) is 10.3 Å². The molecule has 0 aromatic carbocycles. The molecule has 2 amide bonds. The number of ketones is 1. The van der Waals surface area contributed by atoms with Crippen LogP contribution in [0.15, 0.2) is 24.5 Å². The number of nitrogens with two attached hydrogens (primary N) is 1. The number of hydrogen-bond donors (Lipinski definition) is 2. The van der Waals surface area contributed by atoms with Gasteiger partial charge in [0.25, 0.3) is 0 Å². The molecule has 1 saturated heterocycles. The van der Waals surface area contributed by atoms with Crippen molar-refractivity contribution in [3.8, 4) is 0 Å². The molecular formula is C19H28N4O3S. The second-order valence-corrected chi connectivity index (χ2v) is 7.73. The van der Waals surface area contributed by atoms with E-state index in [1.54, 1.807) is 36.3 Å². The molecule has 1 aromatic rings. The van der Waals surface area contributed by atoms with Crippen LogP contribution in [0.5, 0.6) is 0 Å². The van der Waals surface area contributed by atoms with Gasteiger partial charge in [0.2, 0.25) is 11.8 Å². The minimum atomic E-state index is -0.390. The van der Waals surface area contributed by atoms with Crippen LogP contribution in [0.4, 0.5) is 0 Å². The molecule has 1 unspecified atom stereocenters. The third-order valence-electron chi connectivity index (χ3n) is 4.52. The average Bonchev–Trinajstić information content (AvgIpc) is 2.73. The van der Waals surface area contributed by atoms with Gasteiger partial charge in [-0.1, -0.05) is 0 Å². The van der Waals surface area contributed by atoms with Crippen LogP contribution in [0.3, 0.4) is 0 Å². The normalized spacial score (nSPS) is 15.2. The lowest BCUT2D eigenvalue weighted by molar-refractivity contribution is -0.132. The molecule has 1 aromatic heterocycles. The van der Waals surface area contributed by atoms with Crippen molar-refractivity contribution in [2.75, 3.05) is 37.7 Å². The minimum Gasteiger partial charge on any atom is -0.354 e. The molecule has 2 rings (SSSR count). The number of amides is 2. The summed E-state index contributed by atoms with van der Waals surface area (Å²) < 4.78 is 0. The number of piperidine rings is 1. The van der Waals surface area contributed by atoms with Crippen LogP contribution < -0.4 is 11.1 Å². The number of hydrogen-bond acceptors (Lipinski definition) is 6. The van der Waals surface area contributed by atoms with Crippen molar-refractivity contribution < 1.29 is 14.4 Å². The Morgan fingerprint density at radius 3 is 2.70 bits per heavy atom. The second kappa shape index (κ2) is 11.7. The Kier molecular flexibility index (Phi) is 9.27. The Balaban J connectivity index is 1.92. The van der Waals surface area contributed by atoms with E-state index in [-0.39, 0.29) is 36.5 Å².